The largest absolute Gasteiger partial charge is 0.394 e. The van der Waals surface area contributed by atoms with E-state index in [1.807, 2.05) is 12.1 Å². The Hall–Kier alpha value is -1.13. The van der Waals surface area contributed by atoms with Gasteiger partial charge in [0, 0.05) is 6.54 Å². The third-order valence-corrected chi connectivity index (χ3v) is 4.46. The number of nitrogens with one attached hydrogen (secondary N) is 1. The number of aromatic nitrogens is 1. The first-order valence-corrected chi connectivity index (χ1v) is 7.65. The molecule has 0 amide bonds. The molecule has 0 fully saturated rings. The van der Waals surface area contributed by atoms with Gasteiger partial charge in [0.05, 0.1) is 12.1 Å². The Morgan fingerprint density at radius 3 is 2.62 bits per heavy atom. The van der Waals surface area contributed by atoms with E-state index in [0.717, 1.165) is 18.4 Å². The molecule has 3 nitrogen and oxygen atoms in total. The first kappa shape index (κ1) is 14.8. The van der Waals surface area contributed by atoms with Gasteiger partial charge in [-0.3, -0.25) is 0 Å². The van der Waals surface area contributed by atoms with E-state index in [2.05, 4.69) is 22.4 Å². The second-order valence-corrected chi connectivity index (χ2v) is 6.15. The van der Waals surface area contributed by atoms with Crippen LogP contribution in [0.5, 0.6) is 0 Å². The van der Waals surface area contributed by atoms with Crippen LogP contribution in [0.2, 0.25) is 10.3 Å². The highest BCUT2D eigenvalue weighted by Gasteiger charge is 2.37. The van der Waals surface area contributed by atoms with E-state index in [9.17, 15) is 5.11 Å². The Balaban J connectivity index is 1.83. The molecule has 2 N–H and O–H groups in total. The van der Waals surface area contributed by atoms with Gasteiger partial charge in [0.1, 0.15) is 10.3 Å². The van der Waals surface area contributed by atoms with Gasteiger partial charge in [-0.25, -0.2) is 4.98 Å². The summed E-state index contributed by atoms with van der Waals surface area (Å²) in [6.07, 6.45) is 1.86. The molecule has 2 aromatic rings. The van der Waals surface area contributed by atoms with Crippen LogP contribution in [-0.4, -0.2) is 16.7 Å². The molecule has 21 heavy (non-hydrogen) atoms. The lowest BCUT2D eigenvalue weighted by Crippen LogP contribution is -2.43. The van der Waals surface area contributed by atoms with E-state index < -0.39 is 5.54 Å². The number of hydrogen-bond donors (Lipinski definition) is 2. The van der Waals surface area contributed by atoms with Crippen molar-refractivity contribution in [1.29, 1.82) is 0 Å². The molecular weight excluding hydrogens is 307 g/mol. The second kappa shape index (κ2) is 5.93. The fourth-order valence-electron chi connectivity index (χ4n) is 2.98. The number of hydrogen-bond acceptors (Lipinski definition) is 3. The molecule has 1 heterocycles. The van der Waals surface area contributed by atoms with Crippen molar-refractivity contribution in [2.24, 2.45) is 0 Å². The van der Waals surface area contributed by atoms with Gasteiger partial charge in [-0.15, -0.1) is 0 Å². The average Bonchev–Trinajstić information content (AvgIpc) is 2.84. The minimum Gasteiger partial charge on any atom is -0.394 e. The van der Waals surface area contributed by atoms with Gasteiger partial charge in [0.15, 0.2) is 0 Å². The molecule has 0 aliphatic heterocycles. The fourth-order valence-corrected chi connectivity index (χ4v) is 3.48. The maximum absolute atomic E-state index is 9.92. The van der Waals surface area contributed by atoms with E-state index in [1.54, 1.807) is 12.1 Å². The van der Waals surface area contributed by atoms with E-state index in [0.29, 0.717) is 16.9 Å². The molecule has 0 saturated carbocycles. The van der Waals surface area contributed by atoms with Gasteiger partial charge in [-0.2, -0.15) is 0 Å². The molecule has 1 aliphatic rings. The smallest absolute Gasteiger partial charge is 0.131 e. The van der Waals surface area contributed by atoms with Gasteiger partial charge in [-0.1, -0.05) is 47.5 Å². The molecule has 1 unspecified atom stereocenters. The van der Waals surface area contributed by atoms with Crippen molar-refractivity contribution < 1.29 is 5.11 Å². The van der Waals surface area contributed by atoms with Crippen molar-refractivity contribution in [3.05, 3.63) is 63.4 Å². The van der Waals surface area contributed by atoms with Crippen molar-refractivity contribution in [2.45, 2.75) is 24.9 Å². The molecule has 0 saturated heterocycles. The highest BCUT2D eigenvalue weighted by molar-refractivity contribution is 6.32. The van der Waals surface area contributed by atoms with E-state index in [1.165, 1.54) is 11.1 Å². The van der Waals surface area contributed by atoms with Crippen LogP contribution in [-0.2, 0) is 18.5 Å². The number of rotatable bonds is 4. The standard InChI is InChI=1S/C16H16Cl2N2O/c17-14-7-11(8-15(18)20-14)9-19-16(10-21)6-5-12-3-1-2-4-13(12)16/h1-4,7-8,19,21H,5-6,9-10H2. The Bertz CT molecular complexity index is 642. The summed E-state index contributed by atoms with van der Waals surface area (Å²) in [5.41, 5.74) is 3.04. The van der Waals surface area contributed by atoms with E-state index in [-0.39, 0.29) is 6.61 Å². The minimum absolute atomic E-state index is 0.0660. The van der Waals surface area contributed by atoms with Crippen LogP contribution in [0.25, 0.3) is 0 Å². The van der Waals surface area contributed by atoms with Gasteiger partial charge in [0.25, 0.3) is 0 Å². The number of aliphatic hydroxyl groups excluding tert-OH is 1. The quantitative estimate of drug-likeness (QED) is 0.849. The van der Waals surface area contributed by atoms with Gasteiger partial charge < -0.3 is 10.4 Å². The molecule has 110 valence electrons. The lowest BCUT2D eigenvalue weighted by atomic mass is 9.92. The van der Waals surface area contributed by atoms with E-state index in [4.69, 9.17) is 23.2 Å². The Labute approximate surface area is 133 Å². The number of aryl methyl sites for hydroxylation is 1. The summed E-state index contributed by atoms with van der Waals surface area (Å²) in [5, 5.41) is 14.2. The summed E-state index contributed by atoms with van der Waals surface area (Å²) in [7, 11) is 0. The van der Waals surface area contributed by atoms with Gasteiger partial charge in [-0.05, 0) is 41.7 Å². The van der Waals surface area contributed by atoms with Gasteiger partial charge in [0.2, 0.25) is 0 Å². The number of nitrogens with zero attached hydrogens (tertiary/aromatic N) is 1. The number of aliphatic hydroxyl groups is 1. The summed E-state index contributed by atoms with van der Waals surface area (Å²) in [6.45, 7) is 0.646. The molecule has 5 heteroatoms. The Morgan fingerprint density at radius 1 is 1.19 bits per heavy atom. The number of halogens is 2. The van der Waals surface area contributed by atoms with Crippen LogP contribution in [0.15, 0.2) is 36.4 Å². The SMILES string of the molecule is OCC1(NCc2cc(Cl)nc(Cl)c2)CCc2ccccc21. The summed E-state index contributed by atoms with van der Waals surface area (Å²) < 4.78 is 0. The van der Waals surface area contributed by atoms with Crippen LogP contribution < -0.4 is 5.32 Å². The maximum atomic E-state index is 9.92. The Kier molecular flexibility index (Phi) is 4.18. The monoisotopic (exact) mass is 322 g/mol. The van der Waals surface area contributed by atoms with Crippen molar-refractivity contribution in [3.63, 3.8) is 0 Å². The van der Waals surface area contributed by atoms with Crippen molar-refractivity contribution in [3.8, 4) is 0 Å². The zero-order chi connectivity index (χ0) is 14.9. The third-order valence-electron chi connectivity index (χ3n) is 4.08. The lowest BCUT2D eigenvalue weighted by Gasteiger charge is -2.30. The van der Waals surface area contributed by atoms with Crippen molar-refractivity contribution in [1.82, 2.24) is 10.3 Å². The summed E-state index contributed by atoms with van der Waals surface area (Å²) in [5.74, 6) is 0. The van der Waals surface area contributed by atoms with Crippen molar-refractivity contribution in [2.75, 3.05) is 6.61 Å². The molecule has 0 bridgehead atoms. The van der Waals surface area contributed by atoms with Crippen LogP contribution >= 0.6 is 23.2 Å². The molecule has 3 rings (SSSR count). The maximum Gasteiger partial charge on any atom is 0.131 e. The van der Waals surface area contributed by atoms with Crippen molar-refractivity contribution >= 4 is 23.2 Å². The normalized spacial score (nSPS) is 20.5. The zero-order valence-electron chi connectivity index (χ0n) is 11.4. The number of fused-ring (bicyclic) bond motifs is 1. The molecule has 1 aromatic carbocycles. The van der Waals surface area contributed by atoms with E-state index >= 15 is 0 Å². The molecular formula is C16H16Cl2N2O. The lowest BCUT2D eigenvalue weighted by molar-refractivity contribution is 0.159. The highest BCUT2D eigenvalue weighted by atomic mass is 35.5. The number of benzene rings is 1. The first-order valence-electron chi connectivity index (χ1n) is 6.89. The number of pyridine rings is 1. The summed E-state index contributed by atoms with van der Waals surface area (Å²) >= 11 is 11.8. The predicted octanol–water partition coefficient (Wildman–Crippen LogP) is 3.31. The molecule has 1 atom stereocenters. The topological polar surface area (TPSA) is 45.1 Å². The van der Waals surface area contributed by atoms with Gasteiger partial charge >= 0.3 is 0 Å². The van der Waals surface area contributed by atoms with Crippen LogP contribution in [0.1, 0.15) is 23.1 Å². The minimum atomic E-state index is -0.390. The fraction of sp³-hybridized carbons (Fsp3) is 0.312. The van der Waals surface area contributed by atoms with Crippen LogP contribution in [0, 0.1) is 0 Å². The Morgan fingerprint density at radius 2 is 1.90 bits per heavy atom. The first-order chi connectivity index (χ1) is 10.1. The molecule has 0 spiro atoms. The highest BCUT2D eigenvalue weighted by Crippen LogP contribution is 2.36. The zero-order valence-corrected chi connectivity index (χ0v) is 13.0. The third kappa shape index (κ3) is 2.92. The summed E-state index contributed by atoms with van der Waals surface area (Å²) in [4.78, 5) is 3.94. The average molecular weight is 323 g/mol. The van der Waals surface area contributed by atoms with Crippen LogP contribution in [0.3, 0.4) is 0 Å². The predicted molar refractivity (Wildman–Crippen MR) is 84.6 cm³/mol. The second-order valence-electron chi connectivity index (χ2n) is 5.37. The molecule has 1 aliphatic carbocycles. The van der Waals surface area contributed by atoms with Crippen LogP contribution in [0.4, 0.5) is 0 Å². The molecule has 0 radical (unpaired) electrons. The summed E-state index contributed by atoms with van der Waals surface area (Å²) in [6, 6.07) is 11.8. The molecule has 1 aromatic heterocycles.